The highest BCUT2D eigenvalue weighted by molar-refractivity contribution is 6.44. The molecule has 0 saturated carbocycles. The first kappa shape index (κ1) is 18.6. The molecule has 1 saturated heterocycles. The minimum absolute atomic E-state index is 0.0976. The third kappa shape index (κ3) is 4.05. The summed E-state index contributed by atoms with van der Waals surface area (Å²) in [5.41, 5.74) is 5.66. The van der Waals surface area contributed by atoms with E-state index in [-0.39, 0.29) is 49.5 Å². The number of hydrogen-bond donors (Lipinski definition) is 4. The number of aryl methyl sites for hydroxylation is 1. The van der Waals surface area contributed by atoms with Crippen molar-refractivity contribution in [1.82, 2.24) is 10.2 Å². The van der Waals surface area contributed by atoms with E-state index in [1.807, 2.05) is 0 Å². The molecule has 150 valence electrons. The van der Waals surface area contributed by atoms with Gasteiger partial charge in [0.25, 0.3) is 0 Å². The molecule has 10 nitrogen and oxygen atoms in total. The first-order chi connectivity index (χ1) is 13.8. The second-order valence-electron chi connectivity index (χ2n) is 6.75. The van der Waals surface area contributed by atoms with Crippen LogP contribution in [0.15, 0.2) is 12.1 Å². The number of carboxylic acid groups (broad SMARTS) is 1. The molecule has 1 aromatic carbocycles. The Morgan fingerprint density at radius 3 is 2.89 bits per heavy atom. The molecular formula is C17H22BN3O7. The minimum atomic E-state index is -1.24. The lowest BCUT2D eigenvalue weighted by Gasteiger charge is -2.40. The van der Waals surface area contributed by atoms with Gasteiger partial charge in [-0.25, -0.2) is 4.79 Å². The van der Waals surface area contributed by atoms with Crippen molar-refractivity contribution in [2.75, 3.05) is 20.1 Å². The number of carbonyl (C=O) groups is 3. The molecule has 2 amide bonds. The van der Waals surface area contributed by atoms with Crippen molar-refractivity contribution in [3.05, 3.63) is 23.3 Å². The van der Waals surface area contributed by atoms with Crippen LogP contribution in [0.5, 0.6) is 11.5 Å². The van der Waals surface area contributed by atoms with Crippen LogP contribution in [-0.2, 0) is 16.0 Å². The van der Waals surface area contributed by atoms with Gasteiger partial charge in [0.2, 0.25) is 11.8 Å². The van der Waals surface area contributed by atoms with Crippen LogP contribution in [0.25, 0.3) is 0 Å². The lowest BCUT2D eigenvalue weighted by Crippen LogP contribution is -2.60. The third-order valence-electron chi connectivity index (χ3n) is 4.73. The molecule has 0 aliphatic carbocycles. The van der Waals surface area contributed by atoms with Crippen LogP contribution in [0.1, 0.15) is 23.7 Å². The second-order valence-corrected chi connectivity index (χ2v) is 6.75. The smallest absolute Gasteiger partial charge is 0.522 e. The van der Waals surface area contributed by atoms with Gasteiger partial charge >= 0.3 is 13.1 Å². The number of benzene rings is 1. The van der Waals surface area contributed by atoms with Crippen molar-refractivity contribution in [2.45, 2.75) is 31.3 Å². The number of carbonyl (C=O) groups excluding carboxylic acids is 2. The Labute approximate surface area is 163 Å². The van der Waals surface area contributed by atoms with E-state index in [0.717, 1.165) is 0 Å². The molecule has 1 atom stereocenters. The molecule has 2 aliphatic rings. The van der Waals surface area contributed by atoms with Gasteiger partial charge in [0.05, 0.1) is 25.6 Å². The molecule has 1 fully saturated rings. The molecule has 5 N–H and O–H groups in total. The van der Waals surface area contributed by atoms with Crippen LogP contribution in [0.4, 0.5) is 0 Å². The Kier molecular flexibility index (Phi) is 5.35. The monoisotopic (exact) mass is 392 g/mol. The molecule has 11 heteroatoms. The lowest BCUT2D eigenvalue weighted by molar-refractivity contribution is -0.143. The van der Waals surface area contributed by atoms with Gasteiger partial charge in [-0.15, -0.1) is 0 Å². The van der Waals surface area contributed by atoms with Crippen molar-refractivity contribution in [3.63, 3.8) is 0 Å². The molecule has 2 aliphatic heterocycles. The molecule has 1 aromatic rings. The second kappa shape index (κ2) is 8.07. The Hall–Kier alpha value is -2.79. The fourth-order valence-corrected chi connectivity index (χ4v) is 3.25. The molecule has 0 unspecified atom stereocenters. The molecular weight excluding hydrogens is 369 g/mol. The van der Waals surface area contributed by atoms with Crippen LogP contribution in [-0.4, -0.2) is 72.2 Å². The maximum absolute atomic E-state index is 12.4. The molecule has 28 heavy (non-hydrogen) atoms. The Bertz CT molecular complexity index is 818. The molecule has 0 bridgehead atoms. The number of ether oxygens (including phenoxy) is 1. The van der Waals surface area contributed by atoms with Crippen molar-refractivity contribution < 1.29 is 35.3 Å². The van der Waals surface area contributed by atoms with Gasteiger partial charge in [0.1, 0.15) is 23.2 Å². The van der Waals surface area contributed by atoms with Crippen LogP contribution in [0.3, 0.4) is 0 Å². The van der Waals surface area contributed by atoms with Gasteiger partial charge in [0, 0.05) is 1.37 Å². The number of nitrogens with zero attached hydrogens (tertiary/aromatic N) is 1. The van der Waals surface area contributed by atoms with Crippen molar-refractivity contribution in [2.24, 2.45) is 5.73 Å². The van der Waals surface area contributed by atoms with E-state index in [9.17, 15) is 24.5 Å². The van der Waals surface area contributed by atoms with Crippen molar-refractivity contribution in [1.29, 1.82) is 0 Å². The predicted octanol–water partition coefficient (Wildman–Crippen LogP) is -1.15. The number of carboxylic acids is 1. The number of rotatable bonds is 7. The van der Waals surface area contributed by atoms with Crippen molar-refractivity contribution >= 4 is 24.9 Å². The van der Waals surface area contributed by atoms with Gasteiger partial charge in [-0.1, -0.05) is 6.07 Å². The first-order valence-corrected chi connectivity index (χ1v) is 8.80. The fourth-order valence-electron chi connectivity index (χ4n) is 3.25. The number of nitrogens with one attached hydrogen (secondary N) is 1. The molecule has 3 rings (SSSR count). The highest BCUT2D eigenvalue weighted by Gasteiger charge is 2.37. The van der Waals surface area contributed by atoms with Gasteiger partial charge in [0.15, 0.2) is 0 Å². The minimum Gasteiger partial charge on any atom is -0.535 e. The largest absolute Gasteiger partial charge is 0.535 e. The maximum Gasteiger partial charge on any atom is 0.522 e. The van der Waals surface area contributed by atoms with Gasteiger partial charge in [-0.05, 0) is 31.4 Å². The maximum atomic E-state index is 12.4. The number of amides is 2. The highest BCUT2D eigenvalue weighted by Crippen LogP contribution is 2.37. The number of likely N-dealkylation sites (tertiary alicyclic amines) is 1. The summed E-state index contributed by atoms with van der Waals surface area (Å²) in [5.74, 6) is -2.06. The number of likely N-dealkylation sites (N-methyl/N-ethyl adjacent to an activating group) is 1. The van der Waals surface area contributed by atoms with Crippen LogP contribution >= 0.6 is 0 Å². The zero-order chi connectivity index (χ0) is 21.1. The van der Waals surface area contributed by atoms with E-state index in [0.29, 0.717) is 18.3 Å². The van der Waals surface area contributed by atoms with Gasteiger partial charge in [-0.2, -0.15) is 0 Å². The summed E-state index contributed by atoms with van der Waals surface area (Å²) in [4.78, 5) is 36.7. The number of primary amides is 1. The average molecular weight is 392 g/mol. The number of hydrogen-bond acceptors (Lipinski definition) is 7. The summed E-state index contributed by atoms with van der Waals surface area (Å²) in [6, 6.07) is 2.37. The Morgan fingerprint density at radius 1 is 1.50 bits per heavy atom. The van der Waals surface area contributed by atoms with Crippen molar-refractivity contribution in [3.8, 4) is 11.5 Å². The Balaban J connectivity index is 1.67. The summed E-state index contributed by atoms with van der Waals surface area (Å²) in [7, 11) is -1.31. The van der Waals surface area contributed by atoms with Crippen LogP contribution < -0.4 is 20.4 Å². The number of aromatic carboxylic acids is 1. The number of fused-ring (bicyclic) bond motifs is 1. The molecule has 0 aromatic heterocycles. The summed E-state index contributed by atoms with van der Waals surface area (Å²) >= 11 is 0. The third-order valence-corrected chi connectivity index (χ3v) is 4.73. The van der Waals surface area contributed by atoms with Gasteiger partial charge < -0.3 is 35.5 Å². The SMILES string of the molecule is [2H]CN[C@@H](CC(N)=O)C(=O)N1CC(Oc2ccc3c(c2C(=O)O)OB(O)CC3)C1. The zero-order valence-electron chi connectivity index (χ0n) is 16.1. The van der Waals surface area contributed by atoms with Crippen LogP contribution in [0, 0.1) is 0 Å². The lowest BCUT2D eigenvalue weighted by atomic mass is 9.78. The normalized spacial score (nSPS) is 17.7. The highest BCUT2D eigenvalue weighted by atomic mass is 16.5. The number of nitrogens with two attached hydrogens (primary N) is 1. The van der Waals surface area contributed by atoms with E-state index in [1.165, 1.54) is 4.90 Å². The molecule has 2 heterocycles. The quantitative estimate of drug-likeness (QED) is 0.425. The topological polar surface area (TPSA) is 151 Å². The molecule has 0 radical (unpaired) electrons. The summed E-state index contributed by atoms with van der Waals surface area (Å²) in [6.45, 7) is 0.404. The Morgan fingerprint density at radius 2 is 2.25 bits per heavy atom. The summed E-state index contributed by atoms with van der Waals surface area (Å²) < 4.78 is 18.3. The first-order valence-electron chi connectivity index (χ1n) is 9.51. The summed E-state index contributed by atoms with van der Waals surface area (Å²) in [5, 5.41) is 21.9. The zero-order valence-corrected chi connectivity index (χ0v) is 15.1. The van der Waals surface area contributed by atoms with Gasteiger partial charge in [-0.3, -0.25) is 9.59 Å². The average Bonchev–Trinajstić information content (AvgIpc) is 2.62. The fraction of sp³-hybridized carbons (Fsp3) is 0.471. The van der Waals surface area contributed by atoms with Crippen LogP contribution in [0.2, 0.25) is 6.32 Å². The van der Waals surface area contributed by atoms with E-state index in [4.69, 9.17) is 16.5 Å². The predicted molar refractivity (Wildman–Crippen MR) is 98.2 cm³/mol. The van der Waals surface area contributed by atoms with E-state index < -0.39 is 31.1 Å². The van der Waals surface area contributed by atoms with E-state index in [2.05, 4.69) is 5.32 Å². The standard InChI is InChI=1S/C17H22BN3O7/c1-20-11(6-13(19)22)16(23)21-7-10(8-21)27-12-3-2-9-4-5-18(26)28-15(9)14(12)17(24)25/h2-3,10-11,20,26H,4-8H2,1H3,(H2,19,22)(H,24,25)/t11-/m0/s1/i1D. The van der Waals surface area contributed by atoms with E-state index in [1.54, 1.807) is 12.1 Å². The summed E-state index contributed by atoms with van der Waals surface area (Å²) in [6.07, 6.45) is 0.222. The van der Waals surface area contributed by atoms with E-state index >= 15 is 0 Å². The molecule has 0 spiro atoms.